The van der Waals surface area contributed by atoms with Gasteiger partial charge in [0.15, 0.2) is 5.82 Å². The Hall–Kier alpha value is -1.90. The number of aromatic nitrogens is 2. The Morgan fingerprint density at radius 1 is 0.706 bits per heavy atom. The fourth-order valence-corrected chi connectivity index (χ4v) is 5.32. The molecule has 1 aliphatic carbocycles. The largest absolute Gasteiger partial charge is 0.494 e. The highest BCUT2D eigenvalue weighted by Gasteiger charge is 2.20. The highest BCUT2D eigenvalue weighted by atomic mass is 16.5. The van der Waals surface area contributed by atoms with Crippen molar-refractivity contribution in [1.82, 2.24) is 9.97 Å². The van der Waals surface area contributed by atoms with Gasteiger partial charge in [0.05, 0.1) is 6.61 Å². The second kappa shape index (κ2) is 15.9. The summed E-state index contributed by atoms with van der Waals surface area (Å²) in [6, 6.07) is 8.27. The summed E-state index contributed by atoms with van der Waals surface area (Å²) in [5, 5.41) is 0. The lowest BCUT2D eigenvalue weighted by Crippen LogP contribution is -2.15. The fourth-order valence-electron chi connectivity index (χ4n) is 5.32. The Labute approximate surface area is 209 Å². The Morgan fingerprint density at radius 2 is 1.29 bits per heavy atom. The maximum absolute atomic E-state index is 6.03. The van der Waals surface area contributed by atoms with E-state index >= 15 is 0 Å². The van der Waals surface area contributed by atoms with Crippen LogP contribution in [0.4, 0.5) is 0 Å². The molecular formula is C31H48N2O. The van der Waals surface area contributed by atoms with E-state index in [1.165, 1.54) is 95.5 Å². The van der Waals surface area contributed by atoms with E-state index in [0.29, 0.717) is 0 Å². The Morgan fingerprint density at radius 3 is 1.94 bits per heavy atom. The van der Waals surface area contributed by atoms with Crippen molar-refractivity contribution in [2.75, 3.05) is 6.61 Å². The molecule has 0 amide bonds. The number of hydrogen-bond acceptors (Lipinski definition) is 3. The van der Waals surface area contributed by atoms with Crippen molar-refractivity contribution in [3.63, 3.8) is 0 Å². The summed E-state index contributed by atoms with van der Waals surface area (Å²) in [4.78, 5) is 9.19. The summed E-state index contributed by atoms with van der Waals surface area (Å²) in [6.45, 7) is 5.38. The van der Waals surface area contributed by atoms with Crippen molar-refractivity contribution < 1.29 is 4.74 Å². The summed E-state index contributed by atoms with van der Waals surface area (Å²) in [7, 11) is 0. The molecule has 0 atom stereocenters. The zero-order valence-electron chi connectivity index (χ0n) is 21.9. The molecule has 3 nitrogen and oxygen atoms in total. The van der Waals surface area contributed by atoms with Crippen LogP contribution in [0.5, 0.6) is 5.75 Å². The second-order valence-corrected chi connectivity index (χ2v) is 10.5. The van der Waals surface area contributed by atoms with Crippen LogP contribution in [0.2, 0.25) is 0 Å². The van der Waals surface area contributed by atoms with E-state index < -0.39 is 0 Å². The minimum absolute atomic E-state index is 0.798. The highest BCUT2D eigenvalue weighted by Crippen LogP contribution is 2.34. The van der Waals surface area contributed by atoms with Crippen molar-refractivity contribution >= 4 is 0 Å². The Bertz CT molecular complexity index is 763. The van der Waals surface area contributed by atoms with E-state index in [-0.39, 0.29) is 0 Å². The van der Waals surface area contributed by atoms with Crippen LogP contribution < -0.4 is 4.74 Å². The SMILES string of the molecule is CCCCCCCc1cnc(-c2ccc(OCCCC3CCC(CCCCC)CC3)cc2)nc1. The molecule has 1 fully saturated rings. The molecule has 1 heterocycles. The number of aryl methyl sites for hydroxylation is 1. The number of ether oxygens (including phenoxy) is 1. The molecule has 1 aromatic heterocycles. The molecule has 3 heteroatoms. The average molecular weight is 465 g/mol. The molecule has 3 rings (SSSR count). The van der Waals surface area contributed by atoms with E-state index in [9.17, 15) is 0 Å². The molecule has 0 saturated heterocycles. The maximum atomic E-state index is 6.03. The van der Waals surface area contributed by atoms with Gasteiger partial charge in [-0.2, -0.15) is 0 Å². The molecule has 0 radical (unpaired) electrons. The van der Waals surface area contributed by atoms with Gasteiger partial charge in [-0.3, -0.25) is 0 Å². The molecule has 0 aliphatic heterocycles. The topological polar surface area (TPSA) is 35.0 Å². The Balaban J connectivity index is 1.31. The lowest BCUT2D eigenvalue weighted by atomic mass is 9.78. The Kier molecular flexibility index (Phi) is 12.5. The van der Waals surface area contributed by atoms with Crippen LogP contribution in [-0.2, 0) is 6.42 Å². The third-order valence-corrected chi connectivity index (χ3v) is 7.59. The molecule has 0 spiro atoms. The van der Waals surface area contributed by atoms with Crippen molar-refractivity contribution in [3.8, 4) is 17.1 Å². The normalized spacial score (nSPS) is 18.2. The van der Waals surface area contributed by atoms with E-state index in [2.05, 4.69) is 48.1 Å². The summed E-state index contributed by atoms with van der Waals surface area (Å²) in [6.07, 6.45) is 25.5. The fraction of sp³-hybridized carbons (Fsp3) is 0.677. The van der Waals surface area contributed by atoms with E-state index in [4.69, 9.17) is 4.74 Å². The molecule has 0 unspecified atom stereocenters. The minimum atomic E-state index is 0.798. The van der Waals surface area contributed by atoms with E-state index in [0.717, 1.165) is 48.4 Å². The summed E-state index contributed by atoms with van der Waals surface area (Å²) in [5.74, 6) is 3.68. The van der Waals surface area contributed by atoms with E-state index in [1.807, 2.05) is 12.4 Å². The number of hydrogen-bond donors (Lipinski definition) is 0. The van der Waals surface area contributed by atoms with Crippen molar-refractivity contribution in [1.29, 1.82) is 0 Å². The number of benzene rings is 1. The molecule has 0 N–H and O–H groups in total. The lowest BCUT2D eigenvalue weighted by Gasteiger charge is -2.28. The summed E-state index contributed by atoms with van der Waals surface area (Å²) >= 11 is 0. The van der Waals surface area contributed by atoms with Gasteiger partial charge in [0, 0.05) is 18.0 Å². The first-order valence-corrected chi connectivity index (χ1v) is 14.3. The third kappa shape index (κ3) is 9.76. The molecular weight excluding hydrogens is 416 g/mol. The zero-order chi connectivity index (χ0) is 23.8. The maximum Gasteiger partial charge on any atom is 0.159 e. The van der Waals surface area contributed by atoms with Gasteiger partial charge >= 0.3 is 0 Å². The molecule has 188 valence electrons. The average Bonchev–Trinajstić information content (AvgIpc) is 2.88. The van der Waals surface area contributed by atoms with Crippen LogP contribution in [0.25, 0.3) is 11.4 Å². The van der Waals surface area contributed by atoms with Gasteiger partial charge < -0.3 is 4.74 Å². The summed E-state index contributed by atoms with van der Waals surface area (Å²) in [5.41, 5.74) is 2.29. The van der Waals surface area contributed by atoms with Crippen molar-refractivity contribution in [2.45, 2.75) is 117 Å². The van der Waals surface area contributed by atoms with Crippen molar-refractivity contribution in [3.05, 3.63) is 42.2 Å². The van der Waals surface area contributed by atoms with Crippen LogP contribution in [0, 0.1) is 11.8 Å². The minimum Gasteiger partial charge on any atom is -0.494 e. The van der Waals surface area contributed by atoms with Crippen LogP contribution >= 0.6 is 0 Å². The van der Waals surface area contributed by atoms with Gasteiger partial charge in [-0.1, -0.05) is 90.9 Å². The number of nitrogens with zero attached hydrogens (tertiary/aromatic N) is 2. The second-order valence-electron chi connectivity index (χ2n) is 10.5. The predicted molar refractivity (Wildman–Crippen MR) is 144 cm³/mol. The molecule has 0 bridgehead atoms. The van der Waals surface area contributed by atoms with Gasteiger partial charge in [0.25, 0.3) is 0 Å². The van der Waals surface area contributed by atoms with Gasteiger partial charge in [0.1, 0.15) is 5.75 Å². The van der Waals surface area contributed by atoms with Gasteiger partial charge in [0.2, 0.25) is 0 Å². The lowest BCUT2D eigenvalue weighted by molar-refractivity contribution is 0.228. The predicted octanol–water partition coefficient (Wildman–Crippen LogP) is 9.20. The van der Waals surface area contributed by atoms with Crippen LogP contribution in [-0.4, -0.2) is 16.6 Å². The molecule has 34 heavy (non-hydrogen) atoms. The highest BCUT2D eigenvalue weighted by molar-refractivity contribution is 5.55. The smallest absolute Gasteiger partial charge is 0.159 e. The molecule has 1 aliphatic rings. The first-order chi connectivity index (χ1) is 16.8. The number of rotatable bonds is 16. The first-order valence-electron chi connectivity index (χ1n) is 14.3. The zero-order valence-corrected chi connectivity index (χ0v) is 21.9. The number of unbranched alkanes of at least 4 members (excludes halogenated alkanes) is 6. The van der Waals surface area contributed by atoms with Crippen LogP contribution in [0.3, 0.4) is 0 Å². The third-order valence-electron chi connectivity index (χ3n) is 7.59. The van der Waals surface area contributed by atoms with E-state index in [1.54, 1.807) is 0 Å². The van der Waals surface area contributed by atoms with Gasteiger partial charge in [-0.05, 0) is 67.3 Å². The standard InChI is InChI=1S/C31H48N2O/c1-3-5-7-8-10-13-28-24-32-31(33-25-28)29-19-21-30(22-20-29)34-23-11-14-27-17-15-26(16-18-27)12-9-6-4-2/h19-22,24-27H,3-18,23H2,1-2H3. The first kappa shape index (κ1) is 26.7. The van der Waals surface area contributed by atoms with Gasteiger partial charge in [-0.25, -0.2) is 9.97 Å². The van der Waals surface area contributed by atoms with Crippen molar-refractivity contribution in [2.24, 2.45) is 11.8 Å². The quantitative estimate of drug-likeness (QED) is 0.232. The monoisotopic (exact) mass is 464 g/mol. The van der Waals surface area contributed by atoms with Crippen LogP contribution in [0.1, 0.15) is 116 Å². The molecule has 1 aromatic carbocycles. The van der Waals surface area contributed by atoms with Crippen LogP contribution in [0.15, 0.2) is 36.7 Å². The van der Waals surface area contributed by atoms with Gasteiger partial charge in [-0.15, -0.1) is 0 Å². The summed E-state index contributed by atoms with van der Waals surface area (Å²) < 4.78 is 6.03. The molecule has 1 saturated carbocycles. The molecule has 2 aromatic rings.